The van der Waals surface area contributed by atoms with Gasteiger partial charge in [0.15, 0.2) is 11.5 Å². The highest BCUT2D eigenvalue weighted by molar-refractivity contribution is 14.1. The molecule has 2 aromatic carbocycles. The molecule has 0 aliphatic rings. The average molecular weight is 463 g/mol. The van der Waals surface area contributed by atoms with Gasteiger partial charge < -0.3 is 14.6 Å². The van der Waals surface area contributed by atoms with E-state index in [1.165, 1.54) is 3.57 Å². The highest BCUT2D eigenvalue weighted by atomic mass is 127. The SMILES string of the molecule is CCOc1cc(CO)cc(Br)c1OCc1ccc(I)cc1. The summed E-state index contributed by atoms with van der Waals surface area (Å²) in [7, 11) is 0. The summed E-state index contributed by atoms with van der Waals surface area (Å²) in [6.07, 6.45) is 0. The molecule has 3 nitrogen and oxygen atoms in total. The molecule has 0 aliphatic heterocycles. The van der Waals surface area contributed by atoms with E-state index in [2.05, 4.69) is 38.5 Å². The second-order valence-electron chi connectivity index (χ2n) is 4.41. The second-order valence-corrected chi connectivity index (χ2v) is 6.51. The maximum atomic E-state index is 9.26. The molecular formula is C16H16BrIO3. The zero-order valence-corrected chi connectivity index (χ0v) is 15.3. The highest BCUT2D eigenvalue weighted by Crippen LogP contribution is 2.37. The van der Waals surface area contributed by atoms with E-state index in [9.17, 15) is 5.11 Å². The lowest BCUT2D eigenvalue weighted by Crippen LogP contribution is -2.01. The van der Waals surface area contributed by atoms with Crippen LogP contribution >= 0.6 is 38.5 Å². The molecule has 0 unspecified atom stereocenters. The molecule has 0 spiro atoms. The summed E-state index contributed by atoms with van der Waals surface area (Å²) in [4.78, 5) is 0. The van der Waals surface area contributed by atoms with Crippen LogP contribution in [0.1, 0.15) is 18.1 Å². The molecule has 21 heavy (non-hydrogen) atoms. The monoisotopic (exact) mass is 462 g/mol. The number of ether oxygens (including phenoxy) is 2. The predicted molar refractivity (Wildman–Crippen MR) is 94.7 cm³/mol. The Morgan fingerprint density at radius 2 is 1.81 bits per heavy atom. The van der Waals surface area contributed by atoms with Crippen molar-refractivity contribution in [2.45, 2.75) is 20.1 Å². The number of halogens is 2. The largest absolute Gasteiger partial charge is 0.490 e. The predicted octanol–water partition coefficient (Wildman–Crippen LogP) is 4.52. The fraction of sp³-hybridized carbons (Fsp3) is 0.250. The van der Waals surface area contributed by atoms with Crippen LogP contribution < -0.4 is 9.47 Å². The third-order valence-electron chi connectivity index (χ3n) is 2.85. The molecule has 0 fully saturated rings. The number of aliphatic hydroxyl groups is 1. The van der Waals surface area contributed by atoms with E-state index in [0.29, 0.717) is 24.7 Å². The first-order valence-electron chi connectivity index (χ1n) is 6.57. The lowest BCUT2D eigenvalue weighted by atomic mass is 10.2. The van der Waals surface area contributed by atoms with Gasteiger partial charge in [0, 0.05) is 3.57 Å². The molecule has 2 aromatic rings. The van der Waals surface area contributed by atoms with Gasteiger partial charge in [0.1, 0.15) is 6.61 Å². The van der Waals surface area contributed by atoms with Crippen molar-refractivity contribution in [2.24, 2.45) is 0 Å². The topological polar surface area (TPSA) is 38.7 Å². The Bertz CT molecular complexity index is 599. The van der Waals surface area contributed by atoms with Gasteiger partial charge in [0.05, 0.1) is 17.7 Å². The van der Waals surface area contributed by atoms with E-state index < -0.39 is 0 Å². The van der Waals surface area contributed by atoms with Gasteiger partial charge in [-0.05, 0) is 80.8 Å². The van der Waals surface area contributed by atoms with E-state index in [1.54, 1.807) is 6.07 Å². The molecule has 0 saturated carbocycles. The molecule has 0 heterocycles. The third-order valence-corrected chi connectivity index (χ3v) is 4.16. The van der Waals surface area contributed by atoms with E-state index in [1.807, 2.05) is 37.3 Å². The Hall–Kier alpha value is -0.790. The fourth-order valence-electron chi connectivity index (χ4n) is 1.85. The summed E-state index contributed by atoms with van der Waals surface area (Å²) in [5, 5.41) is 9.26. The summed E-state index contributed by atoms with van der Waals surface area (Å²) in [6, 6.07) is 11.8. The number of rotatable bonds is 6. The van der Waals surface area contributed by atoms with Crippen LogP contribution in [0.15, 0.2) is 40.9 Å². The minimum atomic E-state index is -0.0317. The Morgan fingerprint density at radius 3 is 2.43 bits per heavy atom. The minimum Gasteiger partial charge on any atom is -0.490 e. The third kappa shape index (κ3) is 4.59. The van der Waals surface area contributed by atoms with Crippen LogP contribution in [0.4, 0.5) is 0 Å². The minimum absolute atomic E-state index is 0.0317. The van der Waals surface area contributed by atoms with Crippen molar-refractivity contribution in [1.29, 1.82) is 0 Å². The van der Waals surface area contributed by atoms with Crippen LogP contribution in [-0.4, -0.2) is 11.7 Å². The quantitative estimate of drug-likeness (QED) is 0.641. The molecule has 2 rings (SSSR count). The van der Waals surface area contributed by atoms with Crippen molar-refractivity contribution in [3.8, 4) is 11.5 Å². The van der Waals surface area contributed by atoms with Gasteiger partial charge in [-0.25, -0.2) is 0 Å². The van der Waals surface area contributed by atoms with Gasteiger partial charge in [0.2, 0.25) is 0 Å². The standard InChI is InChI=1S/C16H16BrIO3/c1-2-20-15-8-12(9-19)7-14(17)16(15)21-10-11-3-5-13(18)6-4-11/h3-8,19H,2,9-10H2,1H3. The Balaban J connectivity index is 2.19. The zero-order valence-electron chi connectivity index (χ0n) is 11.6. The highest BCUT2D eigenvalue weighted by Gasteiger charge is 2.12. The van der Waals surface area contributed by atoms with Crippen LogP contribution in [0.25, 0.3) is 0 Å². The fourth-order valence-corrected chi connectivity index (χ4v) is 2.82. The van der Waals surface area contributed by atoms with E-state index in [0.717, 1.165) is 15.6 Å². The van der Waals surface area contributed by atoms with Crippen molar-refractivity contribution in [2.75, 3.05) is 6.61 Å². The normalized spacial score (nSPS) is 10.5. The molecular weight excluding hydrogens is 447 g/mol. The molecule has 0 aromatic heterocycles. The average Bonchev–Trinajstić information content (AvgIpc) is 2.48. The van der Waals surface area contributed by atoms with Crippen molar-refractivity contribution < 1.29 is 14.6 Å². The maximum Gasteiger partial charge on any atom is 0.175 e. The molecule has 1 N–H and O–H groups in total. The molecule has 0 radical (unpaired) electrons. The van der Waals surface area contributed by atoms with Gasteiger partial charge in [0.25, 0.3) is 0 Å². The molecule has 5 heteroatoms. The number of hydrogen-bond donors (Lipinski definition) is 1. The summed E-state index contributed by atoms with van der Waals surface area (Å²) in [6.45, 7) is 2.90. The van der Waals surface area contributed by atoms with Gasteiger partial charge >= 0.3 is 0 Å². The first-order valence-corrected chi connectivity index (χ1v) is 8.44. The summed E-state index contributed by atoms with van der Waals surface area (Å²) >= 11 is 5.75. The van der Waals surface area contributed by atoms with Gasteiger partial charge in [-0.1, -0.05) is 12.1 Å². The second kappa shape index (κ2) is 8.00. The Kier molecular flexibility index (Phi) is 6.32. The molecule has 0 aliphatic carbocycles. The van der Waals surface area contributed by atoms with Gasteiger partial charge in [-0.15, -0.1) is 0 Å². The van der Waals surface area contributed by atoms with E-state index in [4.69, 9.17) is 9.47 Å². The number of hydrogen-bond acceptors (Lipinski definition) is 3. The maximum absolute atomic E-state index is 9.26. The first-order chi connectivity index (χ1) is 10.1. The number of benzene rings is 2. The van der Waals surface area contributed by atoms with Crippen LogP contribution in [0.3, 0.4) is 0 Å². The van der Waals surface area contributed by atoms with Crippen molar-refractivity contribution in [1.82, 2.24) is 0 Å². The van der Waals surface area contributed by atoms with Crippen molar-refractivity contribution in [3.63, 3.8) is 0 Å². The van der Waals surface area contributed by atoms with Crippen molar-refractivity contribution in [3.05, 3.63) is 55.6 Å². The summed E-state index contributed by atoms with van der Waals surface area (Å²) in [5.41, 5.74) is 1.88. The van der Waals surface area contributed by atoms with Crippen LogP contribution in [0.2, 0.25) is 0 Å². The van der Waals surface area contributed by atoms with Crippen LogP contribution in [0, 0.1) is 3.57 Å². The van der Waals surface area contributed by atoms with E-state index in [-0.39, 0.29) is 6.61 Å². The Labute approximate surface area is 146 Å². The lowest BCUT2D eigenvalue weighted by Gasteiger charge is -2.15. The van der Waals surface area contributed by atoms with Gasteiger partial charge in [-0.2, -0.15) is 0 Å². The molecule has 0 bridgehead atoms. The zero-order chi connectivity index (χ0) is 15.2. The van der Waals surface area contributed by atoms with Gasteiger partial charge in [-0.3, -0.25) is 0 Å². The number of aliphatic hydroxyl groups excluding tert-OH is 1. The van der Waals surface area contributed by atoms with Crippen molar-refractivity contribution >= 4 is 38.5 Å². The first kappa shape index (κ1) is 16.6. The molecule has 0 saturated heterocycles. The smallest absolute Gasteiger partial charge is 0.175 e. The van der Waals surface area contributed by atoms with Crippen LogP contribution in [0.5, 0.6) is 11.5 Å². The lowest BCUT2D eigenvalue weighted by molar-refractivity contribution is 0.262. The summed E-state index contributed by atoms with van der Waals surface area (Å²) < 4.78 is 13.5. The Morgan fingerprint density at radius 1 is 1.10 bits per heavy atom. The molecule has 112 valence electrons. The van der Waals surface area contributed by atoms with Crippen LogP contribution in [-0.2, 0) is 13.2 Å². The molecule has 0 atom stereocenters. The molecule has 0 amide bonds. The van der Waals surface area contributed by atoms with E-state index >= 15 is 0 Å². The summed E-state index contributed by atoms with van der Waals surface area (Å²) in [5.74, 6) is 1.30.